The lowest BCUT2D eigenvalue weighted by atomic mass is 10.0. The van der Waals surface area contributed by atoms with Crippen LogP contribution in [0.3, 0.4) is 0 Å². The van der Waals surface area contributed by atoms with E-state index in [2.05, 4.69) is 10.6 Å². The van der Waals surface area contributed by atoms with Gasteiger partial charge in [-0.05, 0) is 12.3 Å². The molecular weight excluding hydrogens is 210 g/mol. The summed E-state index contributed by atoms with van der Waals surface area (Å²) in [5.74, 6) is 0.112. The van der Waals surface area contributed by atoms with Crippen molar-refractivity contribution < 1.29 is 14.3 Å². The van der Waals surface area contributed by atoms with E-state index < -0.39 is 12.1 Å². The number of urea groups is 1. The van der Waals surface area contributed by atoms with Gasteiger partial charge in [0.1, 0.15) is 6.04 Å². The number of nitrogens with one attached hydrogen (secondary N) is 2. The summed E-state index contributed by atoms with van der Waals surface area (Å²) in [6, 6.07) is -1.17. The molecule has 0 radical (unpaired) electrons. The molecule has 0 bridgehead atoms. The first-order chi connectivity index (χ1) is 7.49. The summed E-state index contributed by atoms with van der Waals surface area (Å²) in [5.41, 5.74) is 5.03. The van der Waals surface area contributed by atoms with Crippen molar-refractivity contribution >= 4 is 11.9 Å². The van der Waals surface area contributed by atoms with Crippen molar-refractivity contribution in [3.8, 4) is 0 Å². The van der Waals surface area contributed by atoms with E-state index in [0.29, 0.717) is 25.6 Å². The van der Waals surface area contributed by atoms with Crippen LogP contribution in [0.2, 0.25) is 0 Å². The van der Waals surface area contributed by atoms with E-state index in [1.165, 1.54) is 0 Å². The van der Waals surface area contributed by atoms with Gasteiger partial charge in [0.05, 0.1) is 19.3 Å². The quantitative estimate of drug-likeness (QED) is 0.598. The Morgan fingerprint density at radius 3 is 2.44 bits per heavy atom. The fourth-order valence-corrected chi connectivity index (χ4v) is 1.50. The highest BCUT2D eigenvalue weighted by Gasteiger charge is 2.26. The van der Waals surface area contributed by atoms with Crippen molar-refractivity contribution in [2.24, 2.45) is 11.7 Å². The van der Waals surface area contributed by atoms with Gasteiger partial charge in [0.25, 0.3) is 0 Å². The average molecular weight is 229 g/mol. The largest absolute Gasteiger partial charge is 0.377 e. The van der Waals surface area contributed by atoms with Crippen molar-refractivity contribution in [3.63, 3.8) is 0 Å². The standard InChI is InChI=1S/C10H19N3O3/c1-6(2)3-8(13-10(11)15)9(14)12-7-4-16-5-7/h6-8H,3-5H2,1-2H3,(H,12,14)(H3,11,13,15). The molecule has 1 aliphatic heterocycles. The zero-order valence-electron chi connectivity index (χ0n) is 9.66. The second kappa shape index (κ2) is 5.69. The van der Waals surface area contributed by atoms with Crippen molar-refractivity contribution in [1.29, 1.82) is 0 Å². The number of hydrogen-bond acceptors (Lipinski definition) is 3. The highest BCUT2D eigenvalue weighted by molar-refractivity contribution is 5.86. The third-order valence-corrected chi connectivity index (χ3v) is 2.32. The summed E-state index contributed by atoms with van der Waals surface area (Å²) in [5, 5.41) is 5.24. The Hall–Kier alpha value is -1.30. The highest BCUT2D eigenvalue weighted by atomic mass is 16.5. The van der Waals surface area contributed by atoms with Crippen molar-refractivity contribution in [2.45, 2.75) is 32.4 Å². The van der Waals surface area contributed by atoms with E-state index in [1.54, 1.807) is 0 Å². The topological polar surface area (TPSA) is 93.5 Å². The molecule has 1 rings (SSSR count). The maximum Gasteiger partial charge on any atom is 0.312 e. The summed E-state index contributed by atoms with van der Waals surface area (Å²) in [6.45, 7) is 5.04. The number of ether oxygens (including phenoxy) is 1. The number of carbonyl (C=O) groups is 2. The molecule has 0 aromatic rings. The van der Waals surface area contributed by atoms with Gasteiger partial charge in [-0.2, -0.15) is 0 Å². The van der Waals surface area contributed by atoms with Crippen LogP contribution < -0.4 is 16.4 Å². The third kappa shape index (κ3) is 4.06. The van der Waals surface area contributed by atoms with Crippen LogP contribution in [0, 0.1) is 5.92 Å². The van der Waals surface area contributed by atoms with Crippen LogP contribution in [0.1, 0.15) is 20.3 Å². The second-order valence-electron chi connectivity index (χ2n) is 4.43. The van der Waals surface area contributed by atoms with E-state index >= 15 is 0 Å². The van der Waals surface area contributed by atoms with E-state index in [0.717, 1.165) is 0 Å². The van der Waals surface area contributed by atoms with Crippen LogP contribution in [0.5, 0.6) is 0 Å². The zero-order chi connectivity index (χ0) is 12.1. The lowest BCUT2D eigenvalue weighted by molar-refractivity contribution is -0.127. The molecule has 6 heteroatoms. The minimum Gasteiger partial charge on any atom is -0.377 e. The van der Waals surface area contributed by atoms with Gasteiger partial charge in [-0.15, -0.1) is 0 Å². The number of rotatable bonds is 5. The van der Waals surface area contributed by atoms with Crippen molar-refractivity contribution in [1.82, 2.24) is 10.6 Å². The SMILES string of the molecule is CC(C)CC(NC(N)=O)C(=O)NC1COC1. The van der Waals surface area contributed by atoms with Crippen LogP contribution >= 0.6 is 0 Å². The minimum atomic E-state index is -0.675. The Kier molecular flexibility index (Phi) is 4.54. The fourth-order valence-electron chi connectivity index (χ4n) is 1.50. The summed E-state index contributed by atoms with van der Waals surface area (Å²) in [4.78, 5) is 22.6. The molecule has 1 saturated heterocycles. The van der Waals surface area contributed by atoms with Crippen molar-refractivity contribution in [3.05, 3.63) is 0 Å². The molecule has 4 N–H and O–H groups in total. The normalized spacial score (nSPS) is 17.7. The Morgan fingerprint density at radius 2 is 2.06 bits per heavy atom. The molecule has 0 aliphatic carbocycles. The Bertz CT molecular complexity index is 264. The first-order valence-electron chi connectivity index (χ1n) is 5.43. The summed E-state index contributed by atoms with van der Waals surface area (Å²) in [7, 11) is 0. The molecule has 1 unspecified atom stereocenters. The highest BCUT2D eigenvalue weighted by Crippen LogP contribution is 2.06. The molecule has 6 nitrogen and oxygen atoms in total. The fraction of sp³-hybridized carbons (Fsp3) is 0.800. The van der Waals surface area contributed by atoms with Crippen LogP contribution in [-0.4, -0.2) is 37.2 Å². The molecule has 0 saturated carbocycles. The molecule has 16 heavy (non-hydrogen) atoms. The van der Waals surface area contributed by atoms with Crippen LogP contribution in [-0.2, 0) is 9.53 Å². The third-order valence-electron chi connectivity index (χ3n) is 2.32. The van der Waals surface area contributed by atoms with Gasteiger partial charge in [-0.1, -0.05) is 13.8 Å². The van der Waals surface area contributed by atoms with Gasteiger partial charge >= 0.3 is 6.03 Å². The molecule has 92 valence electrons. The van der Waals surface area contributed by atoms with Gasteiger partial charge in [-0.3, -0.25) is 4.79 Å². The minimum absolute atomic E-state index is 0.0665. The predicted molar refractivity (Wildman–Crippen MR) is 58.7 cm³/mol. The molecule has 1 atom stereocenters. The molecule has 1 aliphatic rings. The van der Waals surface area contributed by atoms with Gasteiger partial charge in [0, 0.05) is 0 Å². The van der Waals surface area contributed by atoms with E-state index in [4.69, 9.17) is 10.5 Å². The van der Waals surface area contributed by atoms with Crippen LogP contribution in [0.25, 0.3) is 0 Å². The monoisotopic (exact) mass is 229 g/mol. The Morgan fingerprint density at radius 1 is 1.44 bits per heavy atom. The van der Waals surface area contributed by atoms with Crippen LogP contribution in [0.15, 0.2) is 0 Å². The van der Waals surface area contributed by atoms with Gasteiger partial charge < -0.3 is 21.1 Å². The maximum atomic E-state index is 11.8. The number of carbonyl (C=O) groups excluding carboxylic acids is 2. The first-order valence-corrected chi connectivity index (χ1v) is 5.43. The zero-order valence-corrected chi connectivity index (χ0v) is 9.66. The first kappa shape index (κ1) is 12.8. The molecule has 0 aromatic carbocycles. The van der Waals surface area contributed by atoms with Gasteiger partial charge in [0.2, 0.25) is 5.91 Å². The molecule has 1 heterocycles. The maximum absolute atomic E-state index is 11.8. The van der Waals surface area contributed by atoms with Crippen LogP contribution in [0.4, 0.5) is 4.79 Å². The molecule has 0 aromatic heterocycles. The number of nitrogens with two attached hydrogens (primary N) is 1. The summed E-state index contributed by atoms with van der Waals surface area (Å²) >= 11 is 0. The van der Waals surface area contributed by atoms with E-state index in [-0.39, 0.29) is 11.9 Å². The number of amides is 3. The average Bonchev–Trinajstić information content (AvgIpc) is 2.08. The molecular formula is C10H19N3O3. The molecule has 3 amide bonds. The smallest absolute Gasteiger partial charge is 0.312 e. The number of hydrogen-bond donors (Lipinski definition) is 3. The Labute approximate surface area is 94.9 Å². The lowest BCUT2D eigenvalue weighted by Crippen LogP contribution is -2.56. The molecule has 1 fully saturated rings. The molecule has 0 spiro atoms. The second-order valence-corrected chi connectivity index (χ2v) is 4.43. The lowest BCUT2D eigenvalue weighted by Gasteiger charge is -2.29. The van der Waals surface area contributed by atoms with Gasteiger partial charge in [0.15, 0.2) is 0 Å². The number of primary amides is 1. The van der Waals surface area contributed by atoms with E-state index in [9.17, 15) is 9.59 Å². The summed E-state index contributed by atoms with van der Waals surface area (Å²) < 4.78 is 4.95. The van der Waals surface area contributed by atoms with Gasteiger partial charge in [-0.25, -0.2) is 4.79 Å². The predicted octanol–water partition coefficient (Wildman–Crippen LogP) is -0.416. The van der Waals surface area contributed by atoms with Crippen molar-refractivity contribution in [2.75, 3.05) is 13.2 Å². The summed E-state index contributed by atoms with van der Waals surface area (Å²) in [6.07, 6.45) is 0.572. The Balaban J connectivity index is 2.44. The van der Waals surface area contributed by atoms with E-state index in [1.807, 2.05) is 13.8 Å².